The second-order valence-corrected chi connectivity index (χ2v) is 19.7. The van der Waals surface area contributed by atoms with E-state index in [1.807, 2.05) is 20.1 Å². The van der Waals surface area contributed by atoms with Gasteiger partial charge in [-0.2, -0.15) is 0 Å². The second-order valence-electron chi connectivity index (χ2n) is 16.5. The standard InChI is InChI=1S/C46H54N4O12S2/c1-23(2)48-31-22-59-36(21-35(31)57-4)62-44-43(55)37(42(54)41-40-26(15-17-47-41)29-19-25(51)13-14-30(29)49-40)24(3)60-45(44)61-34-12-10-8-7-9-11-28-38(34)27(16-18-64(6)63)32(52)20-33(53)39(28)50-46(56)58-5/h7-8,13-14,16,19,23-24,31-32,34-38,43-45,48-49,51-52,55H,15,17-18,20-22H2,1-6H3,(H,50,56)/b8-7-,27-16-/t24?,31?,32-,34-,35?,36?,37?,38?,43?,44?,45?,64?/m0/s1. The summed E-state index contributed by atoms with van der Waals surface area (Å²) in [6.07, 6.45) is -3.35. The van der Waals surface area contributed by atoms with Gasteiger partial charge in [0, 0.05) is 54.8 Å². The van der Waals surface area contributed by atoms with Crippen LogP contribution in [0.3, 0.4) is 0 Å². The molecule has 4 heterocycles. The predicted molar refractivity (Wildman–Crippen MR) is 241 cm³/mol. The fraction of sp³-hybridized carbons (Fsp3) is 0.522. The highest BCUT2D eigenvalue weighted by Gasteiger charge is 2.52. The number of Topliss-reactive ketones (excluding diaryl/α,β-unsaturated/α-hetero) is 2. The number of alkyl carbamates (subject to hydrolysis) is 1. The van der Waals surface area contributed by atoms with Crippen LogP contribution in [0.5, 0.6) is 5.75 Å². The van der Waals surface area contributed by atoms with Gasteiger partial charge in [-0.3, -0.25) is 19.9 Å². The number of fused-ring (bicyclic) bond motifs is 4. The lowest BCUT2D eigenvalue weighted by atomic mass is 9.82. The van der Waals surface area contributed by atoms with E-state index >= 15 is 0 Å². The molecule has 0 bridgehead atoms. The molecule has 2 aromatic rings. The Kier molecular flexibility index (Phi) is 15.3. The number of phenols is 1. The molecule has 2 saturated heterocycles. The lowest BCUT2D eigenvalue weighted by molar-refractivity contribution is -0.331. The number of ketones is 2. The average molecular weight is 919 g/mol. The largest absolute Gasteiger partial charge is 0.508 e. The van der Waals surface area contributed by atoms with Crippen LogP contribution in [0, 0.1) is 35.5 Å². The number of methoxy groups -OCH3 is 2. The number of allylic oxidation sites excluding steroid dienone is 3. The lowest BCUT2D eigenvalue weighted by Gasteiger charge is -2.46. The quantitative estimate of drug-likeness (QED) is 0.133. The van der Waals surface area contributed by atoms with Crippen LogP contribution in [0.25, 0.3) is 10.9 Å². The third-order valence-corrected chi connectivity index (χ3v) is 12.9. The van der Waals surface area contributed by atoms with E-state index in [2.05, 4.69) is 44.3 Å². The molecule has 16 nitrogen and oxygen atoms in total. The Morgan fingerprint density at radius 3 is 2.69 bits per heavy atom. The first-order valence-corrected chi connectivity index (χ1v) is 23.9. The number of aromatic hydroxyl groups is 1. The molecule has 6 N–H and O–H groups in total. The van der Waals surface area contributed by atoms with Crippen LogP contribution in [0.4, 0.5) is 4.79 Å². The van der Waals surface area contributed by atoms with E-state index in [4.69, 9.17) is 39.6 Å². The third-order valence-electron chi connectivity index (χ3n) is 11.8. The van der Waals surface area contributed by atoms with Crippen LogP contribution in [0.2, 0.25) is 0 Å². The Balaban J connectivity index is 1.29. The number of aromatic nitrogens is 1. The first-order chi connectivity index (χ1) is 30.7. The number of carbonyl (C=O) groups is 3. The molecule has 2 fully saturated rings. The molecule has 2 aliphatic carbocycles. The summed E-state index contributed by atoms with van der Waals surface area (Å²) >= 11 is 5.52. The number of nitrogens with one attached hydrogen (secondary N) is 3. The predicted octanol–water partition coefficient (Wildman–Crippen LogP) is 2.18. The molecule has 7 rings (SSSR count). The Bertz CT molecular complexity index is 2420. The molecule has 1 aromatic carbocycles. The summed E-state index contributed by atoms with van der Waals surface area (Å²) in [6.45, 7) is 6.19. The zero-order chi connectivity index (χ0) is 45.8. The summed E-state index contributed by atoms with van der Waals surface area (Å²) < 4.78 is 37.0. The molecular weight excluding hydrogens is 865 g/mol. The minimum absolute atomic E-state index is 0.0847. The zero-order valence-corrected chi connectivity index (χ0v) is 38.0. The summed E-state index contributed by atoms with van der Waals surface area (Å²) in [5, 5.41) is 41.3. The Morgan fingerprint density at radius 2 is 1.95 bits per heavy atom. The molecule has 12 atom stereocenters. The number of ether oxygens (including phenoxy) is 6. The normalized spacial score (nSPS) is 32.0. The van der Waals surface area contributed by atoms with Gasteiger partial charge in [-0.05, 0) is 61.1 Å². The fourth-order valence-electron chi connectivity index (χ4n) is 8.89. The molecule has 10 unspecified atom stereocenters. The van der Waals surface area contributed by atoms with Gasteiger partial charge in [-0.25, -0.2) is 4.79 Å². The third kappa shape index (κ3) is 10.3. The minimum Gasteiger partial charge on any atom is -0.508 e. The molecule has 0 radical (unpaired) electrons. The minimum atomic E-state index is -1.58. The Labute approximate surface area is 378 Å². The maximum absolute atomic E-state index is 14.8. The van der Waals surface area contributed by atoms with Crippen molar-refractivity contribution in [2.75, 3.05) is 39.4 Å². The number of amides is 1. The smallest absolute Gasteiger partial charge is 0.411 e. The summed E-state index contributed by atoms with van der Waals surface area (Å²) in [5.74, 6) is 8.94. The number of rotatable bonds is 12. The molecule has 5 aliphatic rings. The van der Waals surface area contributed by atoms with Crippen LogP contribution in [-0.2, 0) is 65.1 Å². The molecule has 0 spiro atoms. The van der Waals surface area contributed by atoms with E-state index in [-0.39, 0.29) is 53.9 Å². The highest BCUT2D eigenvalue weighted by atomic mass is 32.8. The lowest BCUT2D eigenvalue weighted by Crippen LogP contribution is -2.61. The van der Waals surface area contributed by atoms with Crippen LogP contribution >= 0.6 is 0 Å². The molecular formula is C46H54N4O12S2. The number of phenolic OH excluding ortho intramolecular Hbond substituents is 1. The second kappa shape index (κ2) is 20.7. The number of aliphatic imine (C=N–C) groups is 1. The van der Waals surface area contributed by atoms with Gasteiger partial charge in [-0.1, -0.05) is 54.8 Å². The molecule has 0 saturated carbocycles. The summed E-state index contributed by atoms with van der Waals surface area (Å²) in [5.41, 5.74) is 2.39. The van der Waals surface area contributed by atoms with Gasteiger partial charge in [0.25, 0.3) is 0 Å². The number of hydrogen-bond donors (Lipinski definition) is 6. The van der Waals surface area contributed by atoms with E-state index in [1.54, 1.807) is 38.3 Å². The molecule has 18 heteroatoms. The van der Waals surface area contributed by atoms with Crippen molar-refractivity contribution >= 4 is 54.9 Å². The van der Waals surface area contributed by atoms with Crippen LogP contribution in [0.1, 0.15) is 44.9 Å². The van der Waals surface area contributed by atoms with E-state index < -0.39 is 88.5 Å². The van der Waals surface area contributed by atoms with Gasteiger partial charge < -0.3 is 54.0 Å². The zero-order valence-electron chi connectivity index (χ0n) is 36.4. The van der Waals surface area contributed by atoms with E-state index in [9.17, 15) is 29.7 Å². The number of carbonyl (C=O) groups excluding carboxylic acids is 3. The maximum atomic E-state index is 14.8. The summed E-state index contributed by atoms with van der Waals surface area (Å²) in [6, 6.07) is 4.90. The van der Waals surface area contributed by atoms with Gasteiger partial charge in [0.05, 0.1) is 67.4 Å². The molecule has 3 aliphatic heterocycles. The summed E-state index contributed by atoms with van der Waals surface area (Å²) in [4.78, 5) is 49.3. The van der Waals surface area contributed by atoms with Crippen LogP contribution in [-0.4, -0.2) is 144 Å². The number of aliphatic hydroxyl groups is 2. The van der Waals surface area contributed by atoms with Gasteiger partial charge in [0.1, 0.15) is 23.7 Å². The molecule has 1 amide bonds. The number of nitrogens with zero attached hydrogens (tertiary/aromatic N) is 1. The van der Waals surface area contributed by atoms with Crippen molar-refractivity contribution in [1.82, 2.24) is 15.6 Å². The van der Waals surface area contributed by atoms with Crippen molar-refractivity contribution in [3.05, 3.63) is 64.5 Å². The van der Waals surface area contributed by atoms with Gasteiger partial charge >= 0.3 is 6.09 Å². The number of benzene rings is 1. The van der Waals surface area contributed by atoms with Crippen molar-refractivity contribution in [2.24, 2.45) is 16.8 Å². The summed E-state index contributed by atoms with van der Waals surface area (Å²) in [7, 11) is 2.20. The maximum Gasteiger partial charge on any atom is 0.411 e. The van der Waals surface area contributed by atoms with Gasteiger partial charge in [0.2, 0.25) is 0 Å². The number of aliphatic hydroxyl groups excluding tert-OH is 2. The number of aromatic amines is 1. The van der Waals surface area contributed by atoms with Crippen molar-refractivity contribution in [3.8, 4) is 29.4 Å². The van der Waals surface area contributed by atoms with E-state index in [0.717, 1.165) is 23.6 Å². The van der Waals surface area contributed by atoms with Crippen molar-refractivity contribution in [2.45, 2.75) is 101 Å². The Hall–Kier alpha value is -4.57. The van der Waals surface area contributed by atoms with Crippen LogP contribution < -0.4 is 10.6 Å². The highest BCUT2D eigenvalue weighted by Crippen LogP contribution is 2.40. The molecule has 1 aromatic heterocycles. The molecule has 342 valence electrons. The number of hydrogen-bond acceptors (Lipinski definition) is 15. The first kappa shape index (κ1) is 47.4. The topological polar surface area (TPSA) is 219 Å². The highest BCUT2D eigenvalue weighted by molar-refractivity contribution is 8.28. The SMILES string of the molecule is COC(=O)NC1=C2C#C/C=C\C#C[C@H](OC3OC(C)C(C(=O)C4=NCCc5c4[nH]c4ccc(O)cc54)C(O)C3OC3CC(OC)C(NC(C)C)CO3)C2/C(=C\CS(C)=S)[C@@H](O)CC1=O. The average Bonchev–Trinajstić information content (AvgIpc) is 3.63. The Morgan fingerprint density at radius 1 is 1.17 bits per heavy atom. The van der Waals surface area contributed by atoms with Gasteiger partial charge in [-0.15, -0.1) is 9.45 Å². The van der Waals surface area contributed by atoms with Crippen LogP contribution in [0.15, 0.2) is 58.3 Å². The van der Waals surface area contributed by atoms with Gasteiger partial charge in [0.15, 0.2) is 24.1 Å². The molecule has 64 heavy (non-hydrogen) atoms. The van der Waals surface area contributed by atoms with E-state index in [0.29, 0.717) is 30.0 Å². The van der Waals surface area contributed by atoms with Crippen molar-refractivity contribution in [3.63, 3.8) is 0 Å². The number of H-pyrrole nitrogens is 1. The monoisotopic (exact) mass is 918 g/mol. The van der Waals surface area contributed by atoms with E-state index in [1.165, 1.54) is 12.2 Å². The van der Waals surface area contributed by atoms with Crippen molar-refractivity contribution < 1.29 is 58.1 Å². The fourth-order valence-corrected chi connectivity index (χ4v) is 9.52. The van der Waals surface area contributed by atoms with Crippen molar-refractivity contribution in [1.29, 1.82) is 0 Å². The first-order valence-electron chi connectivity index (χ1n) is 21.1.